The Labute approximate surface area is 99.9 Å². The van der Waals surface area contributed by atoms with Gasteiger partial charge in [-0.05, 0) is 25.2 Å². The van der Waals surface area contributed by atoms with E-state index in [0.29, 0.717) is 18.8 Å². The van der Waals surface area contributed by atoms with E-state index in [0.717, 1.165) is 0 Å². The first-order chi connectivity index (χ1) is 7.85. The van der Waals surface area contributed by atoms with Crippen LogP contribution in [-0.4, -0.2) is 28.1 Å². The highest BCUT2D eigenvalue weighted by Crippen LogP contribution is 2.34. The van der Waals surface area contributed by atoms with Gasteiger partial charge in [0, 0.05) is 0 Å². The fourth-order valence-electron chi connectivity index (χ4n) is 1.91. The van der Waals surface area contributed by atoms with Crippen molar-refractivity contribution in [1.29, 1.82) is 0 Å². The van der Waals surface area contributed by atoms with Crippen molar-refractivity contribution in [2.24, 2.45) is 11.3 Å². The lowest BCUT2D eigenvalue weighted by molar-refractivity contribution is -0.174. The highest BCUT2D eigenvalue weighted by molar-refractivity contribution is 6.18. The van der Waals surface area contributed by atoms with E-state index in [9.17, 15) is 19.6 Å². The summed E-state index contributed by atoms with van der Waals surface area (Å²) < 4.78 is 0. The SMILES string of the molecule is CC[C@@]1(CCC(C)C)C(=O)NC(=O)N(O)C1=O. The summed E-state index contributed by atoms with van der Waals surface area (Å²) in [6.45, 7) is 5.66. The monoisotopic (exact) mass is 242 g/mol. The first-order valence-corrected chi connectivity index (χ1v) is 5.74. The zero-order chi connectivity index (χ0) is 13.2. The van der Waals surface area contributed by atoms with Gasteiger partial charge >= 0.3 is 6.03 Å². The van der Waals surface area contributed by atoms with E-state index in [1.807, 2.05) is 19.2 Å². The molecule has 17 heavy (non-hydrogen) atoms. The highest BCUT2D eigenvalue weighted by Gasteiger charge is 2.52. The van der Waals surface area contributed by atoms with Gasteiger partial charge in [0.2, 0.25) is 5.91 Å². The second-order valence-corrected chi connectivity index (χ2v) is 4.74. The molecule has 0 bridgehead atoms. The van der Waals surface area contributed by atoms with Gasteiger partial charge in [-0.1, -0.05) is 20.8 Å². The van der Waals surface area contributed by atoms with Gasteiger partial charge < -0.3 is 0 Å². The van der Waals surface area contributed by atoms with E-state index >= 15 is 0 Å². The lowest BCUT2D eigenvalue weighted by atomic mass is 9.76. The summed E-state index contributed by atoms with van der Waals surface area (Å²) in [4.78, 5) is 34.8. The van der Waals surface area contributed by atoms with Crippen LogP contribution in [0.1, 0.15) is 40.0 Å². The van der Waals surface area contributed by atoms with Crippen LogP contribution in [0.5, 0.6) is 0 Å². The number of amides is 4. The number of imide groups is 2. The highest BCUT2D eigenvalue weighted by atomic mass is 16.5. The fraction of sp³-hybridized carbons (Fsp3) is 0.727. The number of nitrogens with one attached hydrogen (secondary N) is 1. The normalized spacial score (nSPS) is 25.5. The van der Waals surface area contributed by atoms with Crippen LogP contribution in [0, 0.1) is 11.3 Å². The van der Waals surface area contributed by atoms with Crippen molar-refractivity contribution in [2.75, 3.05) is 0 Å². The molecule has 0 saturated carbocycles. The fourth-order valence-corrected chi connectivity index (χ4v) is 1.91. The van der Waals surface area contributed by atoms with Gasteiger partial charge in [-0.25, -0.2) is 4.79 Å². The van der Waals surface area contributed by atoms with Gasteiger partial charge in [0.25, 0.3) is 5.91 Å². The van der Waals surface area contributed by atoms with Crippen LogP contribution in [0.4, 0.5) is 4.79 Å². The molecule has 0 aromatic carbocycles. The molecule has 1 fully saturated rings. The molecule has 2 N–H and O–H groups in total. The Morgan fingerprint density at radius 3 is 2.41 bits per heavy atom. The van der Waals surface area contributed by atoms with Gasteiger partial charge in [-0.2, -0.15) is 0 Å². The first kappa shape index (κ1) is 13.6. The molecule has 0 unspecified atom stereocenters. The van der Waals surface area contributed by atoms with Crippen molar-refractivity contribution in [3.8, 4) is 0 Å². The Kier molecular flexibility index (Phi) is 3.87. The minimum Gasteiger partial charge on any atom is -0.277 e. The minimum absolute atomic E-state index is 0.00519. The van der Waals surface area contributed by atoms with E-state index in [4.69, 9.17) is 0 Å². The molecule has 1 rings (SSSR count). The van der Waals surface area contributed by atoms with Gasteiger partial charge in [0.1, 0.15) is 5.41 Å². The van der Waals surface area contributed by atoms with Gasteiger partial charge in [0.15, 0.2) is 0 Å². The van der Waals surface area contributed by atoms with Gasteiger partial charge in [-0.15, -0.1) is 5.06 Å². The Balaban J connectivity index is 2.98. The molecule has 6 nitrogen and oxygen atoms in total. The van der Waals surface area contributed by atoms with Crippen molar-refractivity contribution in [3.63, 3.8) is 0 Å². The van der Waals surface area contributed by atoms with Gasteiger partial charge in [0.05, 0.1) is 0 Å². The van der Waals surface area contributed by atoms with Crippen LogP contribution >= 0.6 is 0 Å². The Morgan fingerprint density at radius 2 is 1.94 bits per heavy atom. The smallest absolute Gasteiger partial charge is 0.277 e. The third-order valence-corrected chi connectivity index (χ3v) is 3.20. The molecule has 6 heteroatoms. The summed E-state index contributed by atoms with van der Waals surface area (Å²) in [6.07, 6.45) is 1.26. The standard InChI is InChI=1S/C11H18N2O4/c1-4-11(6-5-7(2)3)8(14)12-10(16)13(17)9(11)15/h7,17H,4-6H2,1-3H3,(H,12,14,16)/t11-/m1/s1. The Morgan fingerprint density at radius 1 is 1.35 bits per heavy atom. The predicted molar refractivity (Wildman–Crippen MR) is 59.0 cm³/mol. The molecule has 1 aliphatic heterocycles. The van der Waals surface area contributed by atoms with Crippen LogP contribution in [-0.2, 0) is 9.59 Å². The summed E-state index contributed by atoms with van der Waals surface area (Å²) in [5.41, 5.74) is -1.31. The number of hydroxylamine groups is 2. The van der Waals surface area contributed by atoms with Crippen molar-refractivity contribution in [1.82, 2.24) is 10.4 Å². The predicted octanol–water partition coefficient (Wildman–Crippen LogP) is 1.29. The summed E-state index contributed by atoms with van der Waals surface area (Å²) in [6, 6.07) is -1.08. The molecule has 96 valence electrons. The topological polar surface area (TPSA) is 86.7 Å². The second kappa shape index (κ2) is 4.83. The van der Waals surface area contributed by atoms with Crippen LogP contribution < -0.4 is 5.32 Å². The molecule has 0 aromatic rings. The Bertz CT molecular complexity index is 353. The first-order valence-electron chi connectivity index (χ1n) is 5.74. The molecule has 0 aliphatic carbocycles. The molecule has 1 aliphatic rings. The summed E-state index contributed by atoms with van der Waals surface area (Å²) in [5, 5.41) is 11.3. The average molecular weight is 242 g/mol. The molecule has 0 radical (unpaired) electrons. The Hall–Kier alpha value is -1.43. The number of barbiturate groups is 1. The molecule has 1 heterocycles. The van der Waals surface area contributed by atoms with Crippen LogP contribution in [0.25, 0.3) is 0 Å². The molecule has 1 saturated heterocycles. The number of urea groups is 1. The third-order valence-electron chi connectivity index (χ3n) is 3.20. The zero-order valence-corrected chi connectivity index (χ0v) is 10.3. The molecule has 1 atom stereocenters. The maximum Gasteiger partial charge on any atom is 0.355 e. The third kappa shape index (κ3) is 2.31. The maximum atomic E-state index is 11.9. The molecule has 0 spiro atoms. The number of nitrogens with zero attached hydrogens (tertiary/aromatic N) is 1. The average Bonchev–Trinajstić information content (AvgIpc) is 2.27. The largest absolute Gasteiger partial charge is 0.355 e. The van der Waals surface area contributed by atoms with Crippen molar-refractivity contribution in [3.05, 3.63) is 0 Å². The second-order valence-electron chi connectivity index (χ2n) is 4.74. The number of hydrogen-bond donors (Lipinski definition) is 2. The number of rotatable bonds is 4. The summed E-state index contributed by atoms with van der Waals surface area (Å²) in [5.74, 6) is -1.10. The number of carbonyl (C=O) groups excluding carboxylic acids is 3. The van der Waals surface area contributed by atoms with E-state index in [2.05, 4.69) is 0 Å². The minimum atomic E-state index is -1.31. The van der Waals surface area contributed by atoms with Crippen LogP contribution in [0.3, 0.4) is 0 Å². The quantitative estimate of drug-likeness (QED) is 0.574. The van der Waals surface area contributed by atoms with Crippen molar-refractivity contribution >= 4 is 17.8 Å². The lowest BCUT2D eigenvalue weighted by Gasteiger charge is -2.36. The van der Waals surface area contributed by atoms with Crippen molar-refractivity contribution < 1.29 is 19.6 Å². The molecule has 4 amide bonds. The molecular weight excluding hydrogens is 224 g/mol. The number of carbonyl (C=O) groups is 3. The van der Waals surface area contributed by atoms with Gasteiger partial charge in [-0.3, -0.25) is 20.1 Å². The molecular formula is C11H18N2O4. The zero-order valence-electron chi connectivity index (χ0n) is 10.3. The van der Waals surface area contributed by atoms with E-state index in [1.54, 1.807) is 6.92 Å². The van der Waals surface area contributed by atoms with Crippen LogP contribution in [0.15, 0.2) is 0 Å². The number of hydrogen-bond acceptors (Lipinski definition) is 4. The van der Waals surface area contributed by atoms with Crippen molar-refractivity contribution in [2.45, 2.75) is 40.0 Å². The van der Waals surface area contributed by atoms with Crippen LogP contribution in [0.2, 0.25) is 0 Å². The maximum absolute atomic E-state index is 11.9. The van der Waals surface area contributed by atoms with E-state index in [1.165, 1.54) is 0 Å². The van der Waals surface area contributed by atoms with E-state index < -0.39 is 23.3 Å². The summed E-state index contributed by atoms with van der Waals surface area (Å²) >= 11 is 0. The summed E-state index contributed by atoms with van der Waals surface area (Å²) in [7, 11) is 0. The van der Waals surface area contributed by atoms with E-state index in [-0.39, 0.29) is 11.5 Å². The lowest BCUT2D eigenvalue weighted by Crippen LogP contribution is -2.62. The molecule has 0 aromatic heterocycles.